The molecule has 0 saturated carbocycles. The van der Waals surface area contributed by atoms with Crippen LogP contribution in [0.25, 0.3) is 0 Å². The van der Waals surface area contributed by atoms with Crippen molar-refractivity contribution < 1.29 is 18.7 Å². The maximum Gasteiger partial charge on any atom is 0.249 e. The number of methoxy groups -OCH3 is 1. The quantitative estimate of drug-likeness (QED) is 0.698. The Morgan fingerprint density at radius 3 is 2.67 bits per heavy atom. The van der Waals surface area contributed by atoms with Gasteiger partial charge in [0, 0.05) is 44.3 Å². The Hall–Kier alpha value is -2.44. The standard InChI is InChI=1S/C24H29FN2O3/c1-3-30-16-23(28)27-14-19-13-26(12-18-11-20(29-2)9-10-22(18)25)15-21(19)24(27)17-7-5-4-6-8-17/h4-11,19,21,24H,3,12-16H2,1-2H3/t19-,21-,24+/m0/s1. The molecule has 0 unspecified atom stereocenters. The number of carbonyl (C=O) groups is 1. The third-order valence-corrected chi connectivity index (χ3v) is 6.28. The number of benzene rings is 2. The van der Waals surface area contributed by atoms with E-state index < -0.39 is 0 Å². The summed E-state index contributed by atoms with van der Waals surface area (Å²) in [5, 5.41) is 0. The fourth-order valence-electron chi connectivity index (χ4n) is 4.91. The van der Waals surface area contributed by atoms with E-state index in [1.807, 2.05) is 30.0 Å². The number of ether oxygens (including phenoxy) is 2. The first kappa shape index (κ1) is 20.8. The second-order valence-corrected chi connectivity index (χ2v) is 8.11. The Bertz CT molecular complexity index is 876. The molecule has 4 rings (SSSR count). The normalized spacial score (nSPS) is 23.6. The van der Waals surface area contributed by atoms with E-state index in [0.717, 1.165) is 18.7 Å². The Labute approximate surface area is 177 Å². The van der Waals surface area contributed by atoms with E-state index in [1.165, 1.54) is 6.07 Å². The van der Waals surface area contributed by atoms with Crippen LogP contribution in [0.4, 0.5) is 4.39 Å². The van der Waals surface area contributed by atoms with E-state index in [-0.39, 0.29) is 24.4 Å². The van der Waals surface area contributed by atoms with E-state index in [1.54, 1.807) is 19.2 Å². The molecule has 2 heterocycles. The topological polar surface area (TPSA) is 42.0 Å². The number of amides is 1. The molecule has 0 spiro atoms. The number of fused-ring (bicyclic) bond motifs is 1. The van der Waals surface area contributed by atoms with E-state index in [4.69, 9.17) is 9.47 Å². The predicted molar refractivity (Wildman–Crippen MR) is 113 cm³/mol. The largest absolute Gasteiger partial charge is 0.497 e. The Morgan fingerprint density at radius 1 is 1.13 bits per heavy atom. The molecule has 2 aliphatic heterocycles. The zero-order valence-corrected chi connectivity index (χ0v) is 17.6. The van der Waals surface area contributed by atoms with Gasteiger partial charge in [-0.25, -0.2) is 4.39 Å². The van der Waals surface area contributed by atoms with Crippen LogP contribution < -0.4 is 4.74 Å². The van der Waals surface area contributed by atoms with Gasteiger partial charge >= 0.3 is 0 Å². The number of carbonyl (C=O) groups excluding carboxylic acids is 1. The van der Waals surface area contributed by atoms with Crippen LogP contribution >= 0.6 is 0 Å². The van der Waals surface area contributed by atoms with Gasteiger partial charge in [-0.3, -0.25) is 9.69 Å². The molecule has 0 radical (unpaired) electrons. The summed E-state index contributed by atoms with van der Waals surface area (Å²) in [6.45, 7) is 5.50. The highest BCUT2D eigenvalue weighted by Crippen LogP contribution is 2.45. The average molecular weight is 413 g/mol. The predicted octanol–water partition coefficient (Wildman–Crippen LogP) is 3.50. The molecule has 2 aliphatic rings. The second-order valence-electron chi connectivity index (χ2n) is 8.11. The van der Waals surface area contributed by atoms with Gasteiger partial charge < -0.3 is 14.4 Å². The number of halogens is 1. The highest BCUT2D eigenvalue weighted by atomic mass is 19.1. The van der Waals surface area contributed by atoms with Crippen molar-refractivity contribution in [1.29, 1.82) is 0 Å². The van der Waals surface area contributed by atoms with Gasteiger partial charge in [0.25, 0.3) is 0 Å². The van der Waals surface area contributed by atoms with Crippen LogP contribution in [-0.4, -0.2) is 55.7 Å². The molecular weight excluding hydrogens is 383 g/mol. The number of nitrogens with zero attached hydrogens (tertiary/aromatic N) is 2. The maximum atomic E-state index is 14.3. The second kappa shape index (κ2) is 9.14. The summed E-state index contributed by atoms with van der Waals surface area (Å²) in [6.07, 6.45) is 0. The van der Waals surface area contributed by atoms with Gasteiger partial charge in [0.2, 0.25) is 5.91 Å². The van der Waals surface area contributed by atoms with E-state index in [0.29, 0.717) is 42.8 Å². The molecule has 1 amide bonds. The van der Waals surface area contributed by atoms with Crippen LogP contribution in [0, 0.1) is 17.7 Å². The smallest absolute Gasteiger partial charge is 0.249 e. The van der Waals surface area contributed by atoms with E-state index in [9.17, 15) is 9.18 Å². The summed E-state index contributed by atoms with van der Waals surface area (Å²) in [4.78, 5) is 17.1. The van der Waals surface area contributed by atoms with Gasteiger partial charge in [-0.1, -0.05) is 30.3 Å². The van der Waals surface area contributed by atoms with Crippen molar-refractivity contribution in [3.8, 4) is 5.75 Å². The summed E-state index contributed by atoms with van der Waals surface area (Å²) >= 11 is 0. The first-order valence-electron chi connectivity index (χ1n) is 10.6. The molecule has 30 heavy (non-hydrogen) atoms. The minimum Gasteiger partial charge on any atom is -0.497 e. The van der Waals surface area contributed by atoms with Crippen LogP contribution in [0.5, 0.6) is 5.75 Å². The first-order valence-corrected chi connectivity index (χ1v) is 10.6. The lowest BCUT2D eigenvalue weighted by Crippen LogP contribution is -2.37. The molecule has 5 nitrogen and oxygen atoms in total. The van der Waals surface area contributed by atoms with Crippen LogP contribution in [0.1, 0.15) is 24.1 Å². The molecule has 2 saturated heterocycles. The highest BCUT2D eigenvalue weighted by molar-refractivity contribution is 5.78. The molecule has 0 aliphatic carbocycles. The van der Waals surface area contributed by atoms with E-state index in [2.05, 4.69) is 17.0 Å². The summed E-state index contributed by atoms with van der Waals surface area (Å²) in [5.74, 6) is 1.20. The lowest BCUT2D eigenvalue weighted by molar-refractivity contribution is -0.137. The lowest BCUT2D eigenvalue weighted by atomic mass is 9.89. The van der Waals surface area contributed by atoms with Crippen molar-refractivity contribution in [1.82, 2.24) is 9.80 Å². The van der Waals surface area contributed by atoms with Crippen molar-refractivity contribution in [2.24, 2.45) is 11.8 Å². The van der Waals surface area contributed by atoms with Crippen LogP contribution in [0.15, 0.2) is 48.5 Å². The summed E-state index contributed by atoms with van der Waals surface area (Å²) in [5.41, 5.74) is 1.80. The molecule has 0 aromatic heterocycles. The van der Waals surface area contributed by atoms with Crippen molar-refractivity contribution in [3.63, 3.8) is 0 Å². The fourth-order valence-corrected chi connectivity index (χ4v) is 4.91. The van der Waals surface area contributed by atoms with Crippen molar-refractivity contribution in [2.75, 3.05) is 40.0 Å². The summed E-state index contributed by atoms with van der Waals surface area (Å²) in [6, 6.07) is 15.1. The van der Waals surface area contributed by atoms with Crippen molar-refractivity contribution in [2.45, 2.75) is 19.5 Å². The minimum atomic E-state index is -0.207. The SMILES string of the molecule is CCOCC(=O)N1C[C@@H]2CN(Cc3cc(OC)ccc3F)C[C@@H]2[C@H]1c1ccccc1. The molecule has 6 heteroatoms. The number of hydrogen-bond donors (Lipinski definition) is 0. The van der Waals surface area contributed by atoms with Gasteiger partial charge in [-0.15, -0.1) is 0 Å². The average Bonchev–Trinajstić information content (AvgIpc) is 3.31. The lowest BCUT2D eigenvalue weighted by Gasteiger charge is -2.30. The molecule has 0 bridgehead atoms. The van der Waals surface area contributed by atoms with Gasteiger partial charge in [0.15, 0.2) is 0 Å². The molecular formula is C24H29FN2O3. The zero-order chi connectivity index (χ0) is 21.1. The molecule has 2 fully saturated rings. The maximum absolute atomic E-state index is 14.3. The van der Waals surface area contributed by atoms with Crippen LogP contribution in [0.3, 0.4) is 0 Å². The number of rotatable bonds is 7. The van der Waals surface area contributed by atoms with Gasteiger partial charge in [-0.2, -0.15) is 0 Å². The number of hydrogen-bond acceptors (Lipinski definition) is 4. The molecule has 0 N–H and O–H groups in total. The Morgan fingerprint density at radius 2 is 1.93 bits per heavy atom. The first-order chi connectivity index (χ1) is 14.6. The molecule has 2 aromatic rings. The zero-order valence-electron chi connectivity index (χ0n) is 17.6. The molecule has 3 atom stereocenters. The Kier molecular flexibility index (Phi) is 6.35. The third kappa shape index (κ3) is 4.20. The van der Waals surface area contributed by atoms with Gasteiger partial charge in [0.1, 0.15) is 18.2 Å². The monoisotopic (exact) mass is 412 g/mol. The summed E-state index contributed by atoms with van der Waals surface area (Å²) in [7, 11) is 1.59. The van der Waals surface area contributed by atoms with E-state index >= 15 is 0 Å². The van der Waals surface area contributed by atoms with Gasteiger partial charge in [-0.05, 0) is 36.6 Å². The highest BCUT2D eigenvalue weighted by Gasteiger charge is 2.48. The van der Waals surface area contributed by atoms with Crippen molar-refractivity contribution >= 4 is 5.91 Å². The van der Waals surface area contributed by atoms with Gasteiger partial charge in [0.05, 0.1) is 13.2 Å². The molecule has 160 valence electrons. The fraction of sp³-hybridized carbons (Fsp3) is 0.458. The Balaban J connectivity index is 1.52. The summed E-state index contributed by atoms with van der Waals surface area (Å²) < 4.78 is 25.0. The third-order valence-electron chi connectivity index (χ3n) is 6.28. The van der Waals surface area contributed by atoms with Crippen molar-refractivity contribution in [3.05, 3.63) is 65.5 Å². The van der Waals surface area contributed by atoms with Crippen LogP contribution in [0.2, 0.25) is 0 Å². The number of likely N-dealkylation sites (tertiary alicyclic amines) is 2. The van der Waals surface area contributed by atoms with Crippen LogP contribution in [-0.2, 0) is 16.1 Å². The minimum absolute atomic E-state index is 0.0318. The molecule has 2 aromatic carbocycles.